The molecule has 8 heteroatoms. The van der Waals surface area contributed by atoms with Gasteiger partial charge in [0.2, 0.25) is 11.7 Å². The summed E-state index contributed by atoms with van der Waals surface area (Å²) < 4.78 is 5.71. The highest BCUT2D eigenvalue weighted by molar-refractivity contribution is 6.31. The number of rotatable bonds is 3. The number of hydrogen-bond acceptors (Lipinski definition) is 5. The molecule has 24 heavy (non-hydrogen) atoms. The third kappa shape index (κ3) is 2.72. The van der Waals surface area contributed by atoms with E-state index in [1.165, 1.54) is 6.33 Å². The smallest absolute Gasteiger partial charge is 0.292 e. The van der Waals surface area contributed by atoms with Crippen LogP contribution in [0.1, 0.15) is 10.6 Å². The van der Waals surface area contributed by atoms with Gasteiger partial charge in [-0.3, -0.25) is 9.89 Å². The molecule has 0 aliphatic rings. The van der Waals surface area contributed by atoms with E-state index < -0.39 is 0 Å². The molecule has 0 fully saturated rings. The second-order valence-electron chi connectivity index (χ2n) is 5.00. The number of carbonyl (C=O) groups excluding carboxylic acids is 1. The van der Waals surface area contributed by atoms with Gasteiger partial charge in [0.1, 0.15) is 11.8 Å². The van der Waals surface area contributed by atoms with E-state index in [-0.39, 0.29) is 11.7 Å². The van der Waals surface area contributed by atoms with E-state index in [9.17, 15) is 4.79 Å². The lowest BCUT2D eigenvalue weighted by atomic mass is 10.2. The molecule has 7 nitrogen and oxygen atoms in total. The second kappa shape index (κ2) is 5.78. The Hall–Kier alpha value is -3.19. The van der Waals surface area contributed by atoms with Gasteiger partial charge in [-0.1, -0.05) is 11.6 Å². The highest BCUT2D eigenvalue weighted by Gasteiger charge is 2.11. The molecule has 0 bridgehead atoms. The second-order valence-corrected chi connectivity index (χ2v) is 5.43. The summed E-state index contributed by atoms with van der Waals surface area (Å²) in [7, 11) is 0. The van der Waals surface area contributed by atoms with Crippen molar-refractivity contribution in [3.63, 3.8) is 0 Å². The van der Waals surface area contributed by atoms with Crippen molar-refractivity contribution in [2.45, 2.75) is 0 Å². The first-order chi connectivity index (χ1) is 11.7. The SMILES string of the molecule is O=C(Nc1ccc(-c2nc3cc(Cl)ccc3o2)cc1)c1ncn[nH]1. The molecule has 0 saturated heterocycles. The van der Waals surface area contributed by atoms with Crippen LogP contribution in [0, 0.1) is 0 Å². The molecule has 118 valence electrons. The number of nitrogens with one attached hydrogen (secondary N) is 2. The lowest BCUT2D eigenvalue weighted by Crippen LogP contribution is -2.13. The lowest BCUT2D eigenvalue weighted by molar-refractivity contribution is 0.101. The van der Waals surface area contributed by atoms with Crippen molar-refractivity contribution >= 4 is 34.3 Å². The Morgan fingerprint density at radius 3 is 2.75 bits per heavy atom. The molecule has 2 N–H and O–H groups in total. The molecule has 2 aromatic heterocycles. The van der Waals surface area contributed by atoms with E-state index in [1.807, 2.05) is 12.1 Å². The topological polar surface area (TPSA) is 96.7 Å². The van der Waals surface area contributed by atoms with Gasteiger partial charge in [0.15, 0.2) is 5.58 Å². The molecule has 0 aliphatic carbocycles. The minimum atomic E-state index is -0.364. The molecular weight excluding hydrogens is 330 g/mol. The highest BCUT2D eigenvalue weighted by atomic mass is 35.5. The first-order valence-electron chi connectivity index (χ1n) is 7.02. The third-order valence-electron chi connectivity index (χ3n) is 3.37. The molecule has 4 aromatic rings. The number of hydrogen-bond donors (Lipinski definition) is 2. The maximum Gasteiger partial charge on any atom is 0.292 e. The van der Waals surface area contributed by atoms with Gasteiger partial charge < -0.3 is 9.73 Å². The maximum absolute atomic E-state index is 11.9. The Morgan fingerprint density at radius 1 is 1.17 bits per heavy atom. The van der Waals surface area contributed by atoms with Crippen molar-refractivity contribution in [2.24, 2.45) is 0 Å². The zero-order valence-corrected chi connectivity index (χ0v) is 12.9. The number of anilines is 1. The summed E-state index contributed by atoms with van der Waals surface area (Å²) in [6.45, 7) is 0. The standard InChI is InChI=1S/C16H10ClN5O2/c17-10-3-6-13-12(7-10)21-16(24-13)9-1-4-11(5-2-9)20-15(23)14-18-8-19-22-14/h1-8H,(H,20,23)(H,18,19,22). The number of H-pyrrole nitrogens is 1. The van der Waals surface area contributed by atoms with E-state index in [2.05, 4.69) is 25.5 Å². The van der Waals surface area contributed by atoms with Gasteiger partial charge in [-0.15, -0.1) is 0 Å². The summed E-state index contributed by atoms with van der Waals surface area (Å²) in [6.07, 6.45) is 1.28. The van der Waals surface area contributed by atoms with Crippen LogP contribution >= 0.6 is 11.6 Å². The summed E-state index contributed by atoms with van der Waals surface area (Å²) in [5, 5.41) is 9.46. The van der Waals surface area contributed by atoms with Crippen molar-refractivity contribution in [1.29, 1.82) is 0 Å². The van der Waals surface area contributed by atoms with Gasteiger partial charge in [0.05, 0.1) is 0 Å². The first-order valence-corrected chi connectivity index (χ1v) is 7.40. The van der Waals surface area contributed by atoms with Crippen LogP contribution in [-0.2, 0) is 0 Å². The molecule has 0 spiro atoms. The number of aromatic nitrogens is 4. The fourth-order valence-electron chi connectivity index (χ4n) is 2.23. The third-order valence-corrected chi connectivity index (χ3v) is 3.60. The van der Waals surface area contributed by atoms with E-state index >= 15 is 0 Å². The Bertz CT molecular complexity index is 1010. The van der Waals surface area contributed by atoms with Crippen molar-refractivity contribution in [2.75, 3.05) is 5.32 Å². The molecule has 0 aliphatic heterocycles. The molecule has 2 heterocycles. The van der Waals surface area contributed by atoms with E-state index in [4.69, 9.17) is 16.0 Å². The molecular formula is C16H10ClN5O2. The number of aromatic amines is 1. The van der Waals surface area contributed by atoms with Crippen LogP contribution < -0.4 is 5.32 Å². The Morgan fingerprint density at radius 2 is 2.00 bits per heavy atom. The van der Waals surface area contributed by atoms with Gasteiger partial charge in [0.25, 0.3) is 5.91 Å². The number of benzene rings is 2. The summed E-state index contributed by atoms with van der Waals surface area (Å²) in [4.78, 5) is 20.1. The van der Waals surface area contributed by atoms with Crippen LogP contribution in [0.25, 0.3) is 22.6 Å². The van der Waals surface area contributed by atoms with Crippen LogP contribution in [0.2, 0.25) is 5.02 Å². The number of nitrogens with zero attached hydrogens (tertiary/aromatic N) is 3. The van der Waals surface area contributed by atoms with Gasteiger partial charge in [-0.25, -0.2) is 9.97 Å². The van der Waals surface area contributed by atoms with Crippen molar-refractivity contribution < 1.29 is 9.21 Å². The largest absolute Gasteiger partial charge is 0.436 e. The average Bonchev–Trinajstić information content (AvgIpc) is 3.24. The molecule has 0 atom stereocenters. The normalized spacial score (nSPS) is 10.9. The summed E-state index contributed by atoms with van der Waals surface area (Å²) in [5.41, 5.74) is 2.77. The molecule has 2 aromatic carbocycles. The monoisotopic (exact) mass is 339 g/mol. The first kappa shape index (κ1) is 14.4. The number of fused-ring (bicyclic) bond motifs is 1. The number of amides is 1. The van der Waals surface area contributed by atoms with E-state index in [0.29, 0.717) is 27.7 Å². The van der Waals surface area contributed by atoms with Crippen LogP contribution in [0.3, 0.4) is 0 Å². The van der Waals surface area contributed by atoms with Crippen molar-refractivity contribution in [1.82, 2.24) is 20.2 Å². The Kier molecular flexibility index (Phi) is 3.47. The predicted molar refractivity (Wildman–Crippen MR) is 88.8 cm³/mol. The number of oxazole rings is 1. The van der Waals surface area contributed by atoms with Gasteiger partial charge in [0, 0.05) is 16.3 Å². The maximum atomic E-state index is 11.9. The van der Waals surface area contributed by atoms with Crippen molar-refractivity contribution in [3.8, 4) is 11.5 Å². The quantitative estimate of drug-likeness (QED) is 0.595. The van der Waals surface area contributed by atoms with Crippen LogP contribution in [-0.4, -0.2) is 26.1 Å². The minimum absolute atomic E-state index is 0.148. The fourth-order valence-corrected chi connectivity index (χ4v) is 2.39. The molecule has 0 radical (unpaired) electrons. The van der Waals surface area contributed by atoms with Crippen LogP contribution in [0.15, 0.2) is 53.2 Å². The predicted octanol–water partition coefficient (Wildman–Crippen LogP) is 3.52. The Labute approximate surface area is 140 Å². The van der Waals surface area contributed by atoms with Crippen molar-refractivity contribution in [3.05, 3.63) is 59.6 Å². The average molecular weight is 340 g/mol. The summed E-state index contributed by atoms with van der Waals surface area (Å²) >= 11 is 5.95. The van der Waals surface area contributed by atoms with Crippen LogP contribution in [0.5, 0.6) is 0 Å². The molecule has 0 saturated carbocycles. The van der Waals surface area contributed by atoms with Gasteiger partial charge >= 0.3 is 0 Å². The fraction of sp³-hybridized carbons (Fsp3) is 0. The zero-order valence-electron chi connectivity index (χ0n) is 12.2. The number of halogens is 1. The van der Waals surface area contributed by atoms with E-state index in [0.717, 1.165) is 5.56 Å². The minimum Gasteiger partial charge on any atom is -0.436 e. The highest BCUT2D eigenvalue weighted by Crippen LogP contribution is 2.27. The van der Waals surface area contributed by atoms with Gasteiger partial charge in [-0.2, -0.15) is 5.10 Å². The summed E-state index contributed by atoms with van der Waals surface area (Å²) in [5.74, 6) is 0.270. The lowest BCUT2D eigenvalue weighted by Gasteiger charge is -2.03. The molecule has 1 amide bonds. The molecule has 4 rings (SSSR count). The van der Waals surface area contributed by atoms with Crippen LogP contribution in [0.4, 0.5) is 5.69 Å². The van der Waals surface area contributed by atoms with E-state index in [1.54, 1.807) is 30.3 Å². The molecule has 0 unspecified atom stereocenters. The Balaban J connectivity index is 1.57. The zero-order chi connectivity index (χ0) is 16.5. The summed E-state index contributed by atoms with van der Waals surface area (Å²) in [6, 6.07) is 12.4. The van der Waals surface area contributed by atoms with Gasteiger partial charge in [-0.05, 0) is 42.5 Å². The number of carbonyl (C=O) groups is 1.